The Balaban J connectivity index is 1.28. The summed E-state index contributed by atoms with van der Waals surface area (Å²) in [6.07, 6.45) is 3.35. The second-order valence-corrected chi connectivity index (χ2v) is 7.84. The molecule has 2 aliphatic heterocycles. The molecule has 0 radical (unpaired) electrons. The molecule has 1 N–H and O–H groups in total. The van der Waals surface area contributed by atoms with Gasteiger partial charge in [-0.15, -0.1) is 11.3 Å². The first-order valence-electron chi connectivity index (χ1n) is 9.11. The summed E-state index contributed by atoms with van der Waals surface area (Å²) in [7, 11) is 0. The van der Waals surface area contributed by atoms with Crippen molar-refractivity contribution in [3.8, 4) is 0 Å². The van der Waals surface area contributed by atoms with Crippen LogP contribution in [0.4, 0.5) is 0 Å². The highest BCUT2D eigenvalue weighted by molar-refractivity contribution is 7.09. The molecule has 0 aliphatic carbocycles. The molecule has 3 rings (SSSR count). The lowest BCUT2D eigenvalue weighted by molar-refractivity contribution is -0.122. The molecule has 2 fully saturated rings. The van der Waals surface area contributed by atoms with Gasteiger partial charge in [0.15, 0.2) is 0 Å². The molecule has 0 atom stereocenters. The van der Waals surface area contributed by atoms with E-state index in [1.807, 2.05) is 0 Å². The Bertz CT molecular complexity index is 480. The van der Waals surface area contributed by atoms with E-state index in [0.29, 0.717) is 6.54 Å². The van der Waals surface area contributed by atoms with Crippen LogP contribution < -0.4 is 5.32 Å². The molecular weight excluding hydrogens is 322 g/mol. The first-order valence-corrected chi connectivity index (χ1v) is 9.99. The van der Waals surface area contributed by atoms with Crippen molar-refractivity contribution >= 4 is 17.2 Å². The van der Waals surface area contributed by atoms with E-state index in [4.69, 9.17) is 4.74 Å². The SMILES string of the molecule is O=C(CN1CCC(CN2CCOCC2)CC1)NCCc1cccs1. The average molecular weight is 352 g/mol. The lowest BCUT2D eigenvalue weighted by Gasteiger charge is -2.35. The number of nitrogens with zero attached hydrogens (tertiary/aromatic N) is 2. The van der Waals surface area contributed by atoms with Crippen LogP contribution in [0.15, 0.2) is 17.5 Å². The zero-order valence-corrected chi connectivity index (χ0v) is 15.2. The molecule has 0 unspecified atom stereocenters. The van der Waals surface area contributed by atoms with Gasteiger partial charge in [0.25, 0.3) is 0 Å². The maximum atomic E-state index is 12.1. The van der Waals surface area contributed by atoms with E-state index in [1.165, 1.54) is 24.3 Å². The maximum Gasteiger partial charge on any atom is 0.234 e. The zero-order chi connectivity index (χ0) is 16.6. The number of piperidine rings is 1. The Labute approximate surface area is 149 Å². The van der Waals surface area contributed by atoms with E-state index >= 15 is 0 Å². The molecule has 1 aromatic rings. The van der Waals surface area contributed by atoms with Gasteiger partial charge >= 0.3 is 0 Å². The van der Waals surface area contributed by atoms with Crippen molar-refractivity contribution in [3.63, 3.8) is 0 Å². The number of rotatable bonds is 7. The summed E-state index contributed by atoms with van der Waals surface area (Å²) >= 11 is 1.75. The molecule has 1 amide bonds. The first-order chi connectivity index (χ1) is 11.8. The molecule has 2 aliphatic rings. The fraction of sp³-hybridized carbons (Fsp3) is 0.722. The van der Waals surface area contributed by atoms with E-state index in [2.05, 4.69) is 32.6 Å². The lowest BCUT2D eigenvalue weighted by Crippen LogP contribution is -2.45. The van der Waals surface area contributed by atoms with E-state index < -0.39 is 0 Å². The van der Waals surface area contributed by atoms with Gasteiger partial charge in [-0.25, -0.2) is 0 Å². The number of hydrogen-bond donors (Lipinski definition) is 1. The number of carbonyl (C=O) groups excluding carboxylic acids is 1. The fourth-order valence-corrected chi connectivity index (χ4v) is 4.22. The molecule has 6 heteroatoms. The Morgan fingerprint density at radius 2 is 2.00 bits per heavy atom. The molecule has 0 aromatic carbocycles. The third-order valence-electron chi connectivity index (χ3n) is 4.97. The van der Waals surface area contributed by atoms with Gasteiger partial charge < -0.3 is 10.1 Å². The molecule has 134 valence electrons. The molecule has 3 heterocycles. The van der Waals surface area contributed by atoms with Crippen molar-refractivity contribution in [2.45, 2.75) is 19.3 Å². The Kier molecular flexibility index (Phi) is 7.08. The summed E-state index contributed by atoms with van der Waals surface area (Å²) in [6.45, 7) is 8.50. The third-order valence-corrected chi connectivity index (χ3v) is 5.90. The van der Waals surface area contributed by atoms with Crippen LogP contribution in [0.1, 0.15) is 17.7 Å². The summed E-state index contributed by atoms with van der Waals surface area (Å²) in [4.78, 5) is 18.2. The maximum absolute atomic E-state index is 12.1. The minimum Gasteiger partial charge on any atom is -0.379 e. The third kappa shape index (κ3) is 5.84. The van der Waals surface area contributed by atoms with E-state index in [-0.39, 0.29) is 5.91 Å². The minimum atomic E-state index is 0.165. The van der Waals surface area contributed by atoms with Gasteiger partial charge in [0.2, 0.25) is 5.91 Å². The van der Waals surface area contributed by atoms with Gasteiger partial charge in [-0.1, -0.05) is 6.07 Å². The molecule has 2 saturated heterocycles. The van der Waals surface area contributed by atoms with Crippen LogP contribution in [-0.4, -0.2) is 74.7 Å². The summed E-state index contributed by atoms with van der Waals surface area (Å²) < 4.78 is 5.41. The van der Waals surface area contributed by atoms with Crippen molar-refractivity contribution in [1.82, 2.24) is 15.1 Å². The van der Waals surface area contributed by atoms with Crippen LogP contribution in [0.5, 0.6) is 0 Å². The Morgan fingerprint density at radius 1 is 1.21 bits per heavy atom. The van der Waals surface area contributed by atoms with Crippen LogP contribution in [-0.2, 0) is 16.0 Å². The monoisotopic (exact) mass is 351 g/mol. The van der Waals surface area contributed by atoms with Gasteiger partial charge in [-0.05, 0) is 49.7 Å². The highest BCUT2D eigenvalue weighted by Crippen LogP contribution is 2.18. The van der Waals surface area contributed by atoms with Crippen LogP contribution in [0.2, 0.25) is 0 Å². The second-order valence-electron chi connectivity index (χ2n) is 6.81. The Morgan fingerprint density at radius 3 is 2.71 bits per heavy atom. The number of hydrogen-bond acceptors (Lipinski definition) is 5. The number of amides is 1. The van der Waals surface area contributed by atoms with Crippen LogP contribution in [0.25, 0.3) is 0 Å². The first kappa shape index (κ1) is 17.9. The second kappa shape index (κ2) is 9.51. The summed E-state index contributed by atoms with van der Waals surface area (Å²) in [5.74, 6) is 0.944. The van der Waals surface area contributed by atoms with E-state index in [0.717, 1.165) is 58.3 Å². The van der Waals surface area contributed by atoms with Gasteiger partial charge in [-0.3, -0.25) is 14.6 Å². The van der Waals surface area contributed by atoms with Crippen LogP contribution in [0, 0.1) is 5.92 Å². The topological polar surface area (TPSA) is 44.8 Å². The predicted molar refractivity (Wildman–Crippen MR) is 97.5 cm³/mol. The van der Waals surface area contributed by atoms with Gasteiger partial charge in [0.05, 0.1) is 19.8 Å². The van der Waals surface area contributed by atoms with Crippen molar-refractivity contribution in [2.75, 3.05) is 59.0 Å². The van der Waals surface area contributed by atoms with Gasteiger partial charge in [0, 0.05) is 31.1 Å². The van der Waals surface area contributed by atoms with Crippen LogP contribution in [0.3, 0.4) is 0 Å². The van der Waals surface area contributed by atoms with Crippen molar-refractivity contribution in [3.05, 3.63) is 22.4 Å². The lowest BCUT2D eigenvalue weighted by atomic mass is 9.96. The summed E-state index contributed by atoms with van der Waals surface area (Å²) in [5, 5.41) is 5.13. The molecule has 0 bridgehead atoms. The number of carbonyl (C=O) groups is 1. The van der Waals surface area contributed by atoms with Crippen LogP contribution >= 0.6 is 11.3 Å². The molecular formula is C18H29N3O2S. The Hall–Kier alpha value is -0.950. The number of morpholine rings is 1. The normalized spacial score (nSPS) is 21.0. The minimum absolute atomic E-state index is 0.165. The summed E-state index contributed by atoms with van der Waals surface area (Å²) in [5.41, 5.74) is 0. The van der Waals surface area contributed by atoms with Crippen molar-refractivity contribution < 1.29 is 9.53 Å². The predicted octanol–water partition coefficient (Wildman–Crippen LogP) is 1.45. The van der Waals surface area contributed by atoms with E-state index in [9.17, 15) is 4.79 Å². The van der Waals surface area contributed by atoms with Gasteiger partial charge in [0.1, 0.15) is 0 Å². The van der Waals surface area contributed by atoms with Crippen molar-refractivity contribution in [1.29, 1.82) is 0 Å². The number of likely N-dealkylation sites (tertiary alicyclic amines) is 1. The largest absolute Gasteiger partial charge is 0.379 e. The standard InChI is InChI=1S/C18H29N3O2S/c22-18(19-6-3-17-2-1-13-24-17)15-20-7-4-16(5-8-20)14-21-9-11-23-12-10-21/h1-2,13,16H,3-12,14-15H2,(H,19,22). The smallest absolute Gasteiger partial charge is 0.234 e. The molecule has 24 heavy (non-hydrogen) atoms. The highest BCUT2D eigenvalue weighted by Gasteiger charge is 2.23. The number of thiophene rings is 1. The van der Waals surface area contributed by atoms with Gasteiger partial charge in [-0.2, -0.15) is 0 Å². The van der Waals surface area contributed by atoms with Crippen molar-refractivity contribution in [2.24, 2.45) is 5.92 Å². The molecule has 5 nitrogen and oxygen atoms in total. The summed E-state index contributed by atoms with van der Waals surface area (Å²) in [6, 6.07) is 4.18. The number of nitrogens with one attached hydrogen (secondary N) is 1. The zero-order valence-electron chi connectivity index (χ0n) is 14.4. The highest BCUT2D eigenvalue weighted by atomic mass is 32.1. The molecule has 0 spiro atoms. The molecule has 0 saturated carbocycles. The average Bonchev–Trinajstić information content (AvgIpc) is 3.11. The molecule has 1 aromatic heterocycles. The van der Waals surface area contributed by atoms with E-state index in [1.54, 1.807) is 11.3 Å². The number of ether oxygens (including phenoxy) is 1. The quantitative estimate of drug-likeness (QED) is 0.808. The fourth-order valence-electron chi connectivity index (χ4n) is 3.51.